The van der Waals surface area contributed by atoms with Crippen LogP contribution in [0, 0.1) is 6.92 Å². The molecule has 1 aromatic rings. The van der Waals surface area contributed by atoms with E-state index in [9.17, 15) is 4.79 Å². The van der Waals surface area contributed by atoms with Crippen LogP contribution in [0.25, 0.3) is 0 Å². The van der Waals surface area contributed by atoms with E-state index in [1.165, 1.54) is 18.1 Å². The molecule has 0 aliphatic carbocycles. The summed E-state index contributed by atoms with van der Waals surface area (Å²) in [7, 11) is 0. The molecule has 16 heavy (non-hydrogen) atoms. The molecule has 0 heterocycles. The largest absolute Gasteiger partial charge is 0.355 e. The SMILES string of the molecule is CC(=O)NCCNC(C)c1ccccc1C. The minimum absolute atomic E-state index is 0.0188. The first-order valence-corrected chi connectivity index (χ1v) is 5.64. The summed E-state index contributed by atoms with van der Waals surface area (Å²) in [5.74, 6) is 0.0188. The van der Waals surface area contributed by atoms with Gasteiger partial charge < -0.3 is 10.6 Å². The van der Waals surface area contributed by atoms with Crippen molar-refractivity contribution in [1.82, 2.24) is 10.6 Å². The van der Waals surface area contributed by atoms with Crippen LogP contribution in [0.4, 0.5) is 0 Å². The van der Waals surface area contributed by atoms with Crippen LogP contribution in [0.1, 0.15) is 31.0 Å². The molecule has 88 valence electrons. The van der Waals surface area contributed by atoms with Gasteiger partial charge in [0.1, 0.15) is 0 Å². The highest BCUT2D eigenvalue weighted by Crippen LogP contribution is 2.15. The minimum atomic E-state index is 0.0188. The monoisotopic (exact) mass is 220 g/mol. The maximum atomic E-state index is 10.7. The van der Waals surface area contributed by atoms with Crippen LogP contribution < -0.4 is 10.6 Å². The lowest BCUT2D eigenvalue weighted by molar-refractivity contribution is -0.118. The number of carbonyl (C=O) groups is 1. The third-order valence-corrected chi connectivity index (χ3v) is 2.60. The highest BCUT2D eigenvalue weighted by Gasteiger charge is 2.06. The number of hydrogen-bond acceptors (Lipinski definition) is 2. The van der Waals surface area contributed by atoms with Crippen LogP contribution in [0.15, 0.2) is 24.3 Å². The summed E-state index contributed by atoms with van der Waals surface area (Å²) in [6.07, 6.45) is 0. The van der Waals surface area contributed by atoms with E-state index in [0.717, 1.165) is 6.54 Å². The third-order valence-electron chi connectivity index (χ3n) is 2.60. The van der Waals surface area contributed by atoms with Gasteiger partial charge in [-0.1, -0.05) is 24.3 Å². The smallest absolute Gasteiger partial charge is 0.216 e. The Balaban J connectivity index is 2.38. The number of nitrogens with one attached hydrogen (secondary N) is 2. The van der Waals surface area contributed by atoms with Crippen LogP contribution in [0.2, 0.25) is 0 Å². The summed E-state index contributed by atoms with van der Waals surface area (Å²) < 4.78 is 0. The first kappa shape index (κ1) is 12.7. The van der Waals surface area contributed by atoms with Crippen molar-refractivity contribution in [2.75, 3.05) is 13.1 Å². The lowest BCUT2D eigenvalue weighted by Gasteiger charge is -2.16. The first-order chi connectivity index (χ1) is 7.61. The van der Waals surface area contributed by atoms with Crippen molar-refractivity contribution < 1.29 is 4.79 Å². The molecule has 0 saturated heterocycles. The Bertz CT molecular complexity index is 350. The fourth-order valence-corrected chi connectivity index (χ4v) is 1.71. The molecule has 0 spiro atoms. The van der Waals surface area contributed by atoms with Crippen molar-refractivity contribution in [1.29, 1.82) is 0 Å². The second kappa shape index (κ2) is 6.28. The number of aryl methyl sites for hydroxylation is 1. The molecule has 0 saturated carbocycles. The predicted octanol–water partition coefficient (Wildman–Crippen LogP) is 1.78. The van der Waals surface area contributed by atoms with E-state index in [0.29, 0.717) is 12.6 Å². The molecule has 0 aliphatic rings. The van der Waals surface area contributed by atoms with Gasteiger partial charge in [0.05, 0.1) is 0 Å². The summed E-state index contributed by atoms with van der Waals surface area (Å²) >= 11 is 0. The van der Waals surface area contributed by atoms with Crippen LogP contribution in [-0.4, -0.2) is 19.0 Å². The Hall–Kier alpha value is -1.35. The highest BCUT2D eigenvalue weighted by molar-refractivity contribution is 5.72. The molecule has 3 heteroatoms. The second-order valence-corrected chi connectivity index (χ2v) is 4.02. The zero-order chi connectivity index (χ0) is 12.0. The molecular formula is C13H20N2O. The van der Waals surface area contributed by atoms with Crippen molar-refractivity contribution in [2.24, 2.45) is 0 Å². The van der Waals surface area contributed by atoms with Gasteiger partial charge in [0.2, 0.25) is 5.91 Å². The summed E-state index contributed by atoms with van der Waals surface area (Å²) in [6.45, 7) is 7.24. The molecular weight excluding hydrogens is 200 g/mol. The molecule has 1 amide bonds. The van der Waals surface area contributed by atoms with Gasteiger partial charge in [-0.3, -0.25) is 4.79 Å². The van der Waals surface area contributed by atoms with Gasteiger partial charge in [0, 0.05) is 26.1 Å². The molecule has 0 radical (unpaired) electrons. The minimum Gasteiger partial charge on any atom is -0.355 e. The Labute approximate surface area is 97.2 Å². The average molecular weight is 220 g/mol. The zero-order valence-corrected chi connectivity index (χ0v) is 10.2. The van der Waals surface area contributed by atoms with Gasteiger partial charge in [-0.05, 0) is 25.0 Å². The lowest BCUT2D eigenvalue weighted by atomic mass is 10.0. The standard InChI is InChI=1S/C13H20N2O/c1-10-6-4-5-7-13(10)11(2)14-8-9-15-12(3)16/h4-7,11,14H,8-9H2,1-3H3,(H,15,16). The van der Waals surface area contributed by atoms with Gasteiger partial charge in [-0.2, -0.15) is 0 Å². The molecule has 1 aromatic carbocycles. The first-order valence-electron chi connectivity index (χ1n) is 5.64. The Morgan fingerprint density at radius 2 is 2.00 bits per heavy atom. The van der Waals surface area contributed by atoms with Gasteiger partial charge >= 0.3 is 0 Å². The number of hydrogen-bond donors (Lipinski definition) is 2. The maximum Gasteiger partial charge on any atom is 0.216 e. The van der Waals surface area contributed by atoms with Crippen molar-refractivity contribution in [3.05, 3.63) is 35.4 Å². The number of amides is 1. The fraction of sp³-hybridized carbons (Fsp3) is 0.462. The average Bonchev–Trinajstić information content (AvgIpc) is 2.24. The second-order valence-electron chi connectivity index (χ2n) is 4.02. The highest BCUT2D eigenvalue weighted by atomic mass is 16.1. The van der Waals surface area contributed by atoms with Crippen molar-refractivity contribution in [3.63, 3.8) is 0 Å². The Morgan fingerprint density at radius 1 is 1.31 bits per heavy atom. The number of rotatable bonds is 5. The van der Waals surface area contributed by atoms with Crippen molar-refractivity contribution in [2.45, 2.75) is 26.8 Å². The maximum absolute atomic E-state index is 10.7. The number of carbonyl (C=O) groups excluding carboxylic acids is 1. The van der Waals surface area contributed by atoms with Crippen molar-refractivity contribution in [3.8, 4) is 0 Å². The van der Waals surface area contributed by atoms with E-state index in [-0.39, 0.29) is 5.91 Å². The van der Waals surface area contributed by atoms with Crippen LogP contribution >= 0.6 is 0 Å². The normalized spacial score (nSPS) is 12.2. The molecule has 2 N–H and O–H groups in total. The Morgan fingerprint density at radius 3 is 2.62 bits per heavy atom. The molecule has 1 unspecified atom stereocenters. The topological polar surface area (TPSA) is 41.1 Å². The van der Waals surface area contributed by atoms with E-state index in [4.69, 9.17) is 0 Å². The third kappa shape index (κ3) is 4.03. The van der Waals surface area contributed by atoms with Gasteiger partial charge in [0.25, 0.3) is 0 Å². The summed E-state index contributed by atoms with van der Waals surface area (Å²) in [5, 5.41) is 6.15. The molecule has 0 aliphatic heterocycles. The predicted molar refractivity (Wildman–Crippen MR) is 66.3 cm³/mol. The lowest BCUT2D eigenvalue weighted by Crippen LogP contribution is -2.31. The van der Waals surface area contributed by atoms with Crippen LogP contribution in [0.5, 0.6) is 0 Å². The summed E-state index contributed by atoms with van der Waals surface area (Å²) in [5.41, 5.74) is 2.60. The van der Waals surface area contributed by atoms with Crippen molar-refractivity contribution >= 4 is 5.91 Å². The summed E-state index contributed by atoms with van der Waals surface area (Å²) in [4.78, 5) is 10.7. The van der Waals surface area contributed by atoms with Crippen LogP contribution in [0.3, 0.4) is 0 Å². The molecule has 0 bridgehead atoms. The number of benzene rings is 1. The van der Waals surface area contributed by atoms with Crippen LogP contribution in [-0.2, 0) is 4.79 Å². The van der Waals surface area contributed by atoms with E-state index in [1.54, 1.807) is 0 Å². The molecule has 0 fully saturated rings. The van der Waals surface area contributed by atoms with Gasteiger partial charge in [0.15, 0.2) is 0 Å². The summed E-state index contributed by atoms with van der Waals surface area (Å²) in [6, 6.07) is 8.65. The zero-order valence-electron chi connectivity index (χ0n) is 10.2. The van der Waals surface area contributed by atoms with Gasteiger partial charge in [-0.25, -0.2) is 0 Å². The molecule has 3 nitrogen and oxygen atoms in total. The van der Waals surface area contributed by atoms with E-state index in [2.05, 4.69) is 36.6 Å². The van der Waals surface area contributed by atoms with E-state index in [1.807, 2.05) is 12.1 Å². The molecule has 1 atom stereocenters. The van der Waals surface area contributed by atoms with Gasteiger partial charge in [-0.15, -0.1) is 0 Å². The molecule has 0 aromatic heterocycles. The van der Waals surface area contributed by atoms with E-state index < -0.39 is 0 Å². The molecule has 1 rings (SSSR count). The quantitative estimate of drug-likeness (QED) is 0.743. The fourth-order valence-electron chi connectivity index (χ4n) is 1.71. The Kier molecular flexibility index (Phi) is 4.99. The van der Waals surface area contributed by atoms with E-state index >= 15 is 0 Å².